The van der Waals surface area contributed by atoms with Gasteiger partial charge in [-0.15, -0.1) is 0 Å². The molecule has 0 saturated carbocycles. The molecule has 0 aromatic carbocycles. The van der Waals surface area contributed by atoms with Crippen molar-refractivity contribution in [2.75, 3.05) is 20.3 Å². The monoisotopic (exact) mass is 229 g/mol. The summed E-state index contributed by atoms with van der Waals surface area (Å²) in [5, 5.41) is 9.49. The summed E-state index contributed by atoms with van der Waals surface area (Å²) >= 11 is 0. The van der Waals surface area contributed by atoms with Crippen LogP contribution in [0.3, 0.4) is 0 Å². The molecule has 1 atom stereocenters. The first kappa shape index (κ1) is 13.5. The fraction of sp³-hybridized carbons (Fsp3) is 0.917. The van der Waals surface area contributed by atoms with Crippen molar-refractivity contribution in [2.24, 2.45) is 5.92 Å². The Morgan fingerprint density at radius 2 is 1.81 bits per heavy atom. The minimum Gasteiger partial charge on any atom is -0.480 e. The molecule has 0 spiro atoms. The third-order valence-electron chi connectivity index (χ3n) is 3.97. The summed E-state index contributed by atoms with van der Waals surface area (Å²) < 4.78 is 5.28. The van der Waals surface area contributed by atoms with Gasteiger partial charge in [0.2, 0.25) is 0 Å². The molecule has 1 unspecified atom stereocenters. The summed E-state index contributed by atoms with van der Waals surface area (Å²) in [6.45, 7) is 7.42. The van der Waals surface area contributed by atoms with E-state index in [0.29, 0.717) is 32.0 Å². The van der Waals surface area contributed by atoms with Crippen LogP contribution in [0, 0.1) is 5.92 Å². The lowest BCUT2D eigenvalue weighted by atomic mass is 9.86. The van der Waals surface area contributed by atoms with E-state index in [0.717, 1.165) is 0 Å². The summed E-state index contributed by atoms with van der Waals surface area (Å²) in [6.07, 6.45) is 1.16. The van der Waals surface area contributed by atoms with Gasteiger partial charge in [0.15, 0.2) is 0 Å². The quantitative estimate of drug-likeness (QED) is 0.795. The van der Waals surface area contributed by atoms with E-state index in [1.807, 2.05) is 11.9 Å². The highest BCUT2D eigenvalue weighted by Crippen LogP contribution is 2.30. The number of hydrogen-bond acceptors (Lipinski definition) is 3. The highest BCUT2D eigenvalue weighted by atomic mass is 16.5. The number of aliphatic carboxylic acids is 1. The number of likely N-dealkylation sites (N-methyl/N-ethyl adjacent to an activating group) is 1. The number of hydrogen-bond donors (Lipinski definition) is 1. The van der Waals surface area contributed by atoms with E-state index in [4.69, 9.17) is 4.74 Å². The second kappa shape index (κ2) is 5.15. The molecular weight excluding hydrogens is 206 g/mol. The van der Waals surface area contributed by atoms with Gasteiger partial charge in [-0.1, -0.05) is 13.8 Å². The van der Waals surface area contributed by atoms with Crippen molar-refractivity contribution in [2.45, 2.75) is 45.2 Å². The molecular formula is C12H23NO3. The third kappa shape index (κ3) is 2.38. The van der Waals surface area contributed by atoms with Gasteiger partial charge in [0.1, 0.15) is 5.54 Å². The minimum absolute atomic E-state index is 0.259. The highest BCUT2D eigenvalue weighted by molar-refractivity contribution is 5.79. The first-order chi connectivity index (χ1) is 7.42. The van der Waals surface area contributed by atoms with Crippen LogP contribution in [0.2, 0.25) is 0 Å². The fourth-order valence-electron chi connectivity index (χ4n) is 2.26. The van der Waals surface area contributed by atoms with Crippen molar-refractivity contribution in [1.29, 1.82) is 0 Å². The maximum atomic E-state index is 11.5. The van der Waals surface area contributed by atoms with Crippen molar-refractivity contribution in [1.82, 2.24) is 4.90 Å². The maximum absolute atomic E-state index is 11.5. The second-order valence-corrected chi connectivity index (χ2v) is 5.04. The van der Waals surface area contributed by atoms with Crippen LogP contribution < -0.4 is 0 Å². The molecule has 0 bridgehead atoms. The predicted molar refractivity (Wildman–Crippen MR) is 62.5 cm³/mol. The molecule has 1 aliphatic rings. The molecule has 1 N–H and O–H groups in total. The van der Waals surface area contributed by atoms with E-state index in [-0.39, 0.29) is 6.04 Å². The van der Waals surface area contributed by atoms with Crippen molar-refractivity contribution in [3.05, 3.63) is 0 Å². The van der Waals surface area contributed by atoms with Crippen LogP contribution in [0.15, 0.2) is 0 Å². The lowest BCUT2D eigenvalue weighted by Gasteiger charge is -2.45. The number of rotatable bonds is 4. The SMILES string of the molecule is CC(C)C(C)N(C)C1(C(=O)O)CCOCC1. The summed E-state index contributed by atoms with van der Waals surface area (Å²) in [4.78, 5) is 13.6. The van der Waals surface area contributed by atoms with Gasteiger partial charge < -0.3 is 9.84 Å². The lowest BCUT2D eigenvalue weighted by Crippen LogP contribution is -2.59. The molecule has 0 aliphatic carbocycles. The molecule has 94 valence electrons. The lowest BCUT2D eigenvalue weighted by molar-refractivity contribution is -0.160. The van der Waals surface area contributed by atoms with Crippen molar-refractivity contribution < 1.29 is 14.6 Å². The van der Waals surface area contributed by atoms with Crippen LogP contribution in [-0.4, -0.2) is 47.8 Å². The number of nitrogens with zero attached hydrogens (tertiary/aromatic N) is 1. The maximum Gasteiger partial charge on any atom is 0.324 e. The first-order valence-electron chi connectivity index (χ1n) is 5.96. The Hall–Kier alpha value is -0.610. The summed E-state index contributed by atoms with van der Waals surface area (Å²) in [6, 6.07) is 0.259. The van der Waals surface area contributed by atoms with Crippen molar-refractivity contribution >= 4 is 5.97 Å². The summed E-state index contributed by atoms with van der Waals surface area (Å²) in [5.41, 5.74) is -0.734. The van der Waals surface area contributed by atoms with E-state index in [1.165, 1.54) is 0 Å². The van der Waals surface area contributed by atoms with Gasteiger partial charge in [-0.05, 0) is 32.7 Å². The topological polar surface area (TPSA) is 49.8 Å². The van der Waals surface area contributed by atoms with Crippen LogP contribution in [-0.2, 0) is 9.53 Å². The Morgan fingerprint density at radius 1 is 1.31 bits per heavy atom. The average molecular weight is 229 g/mol. The molecule has 0 aromatic rings. The average Bonchev–Trinajstić information content (AvgIpc) is 2.27. The molecule has 16 heavy (non-hydrogen) atoms. The smallest absolute Gasteiger partial charge is 0.324 e. The number of ether oxygens (including phenoxy) is 1. The van der Waals surface area contributed by atoms with Gasteiger partial charge in [0.25, 0.3) is 0 Å². The summed E-state index contributed by atoms with van der Waals surface area (Å²) in [7, 11) is 1.92. The molecule has 4 heteroatoms. The standard InChI is InChI=1S/C12H23NO3/c1-9(2)10(3)13(4)12(11(14)15)5-7-16-8-6-12/h9-10H,5-8H2,1-4H3,(H,14,15). The molecule has 1 fully saturated rings. The Bertz CT molecular complexity index is 247. The van der Waals surface area contributed by atoms with Crippen LogP contribution in [0.25, 0.3) is 0 Å². The molecule has 1 rings (SSSR count). The van der Waals surface area contributed by atoms with E-state index < -0.39 is 11.5 Å². The molecule has 1 aliphatic heterocycles. The van der Waals surface area contributed by atoms with Gasteiger partial charge in [-0.3, -0.25) is 9.69 Å². The van der Waals surface area contributed by atoms with Gasteiger partial charge >= 0.3 is 5.97 Å². The zero-order valence-corrected chi connectivity index (χ0v) is 10.7. The van der Waals surface area contributed by atoms with E-state index in [1.54, 1.807) is 0 Å². The van der Waals surface area contributed by atoms with Gasteiger partial charge in [0, 0.05) is 19.3 Å². The van der Waals surface area contributed by atoms with Gasteiger partial charge in [-0.2, -0.15) is 0 Å². The largest absolute Gasteiger partial charge is 0.480 e. The molecule has 1 heterocycles. The number of carboxylic acids is 1. The summed E-state index contributed by atoms with van der Waals surface area (Å²) in [5.74, 6) is -0.269. The number of carbonyl (C=O) groups is 1. The van der Waals surface area contributed by atoms with Crippen LogP contribution in [0.5, 0.6) is 0 Å². The zero-order chi connectivity index (χ0) is 12.3. The normalized spacial score (nSPS) is 22.4. The molecule has 4 nitrogen and oxygen atoms in total. The van der Waals surface area contributed by atoms with Crippen LogP contribution >= 0.6 is 0 Å². The molecule has 1 saturated heterocycles. The van der Waals surface area contributed by atoms with E-state index in [2.05, 4.69) is 20.8 Å². The fourth-order valence-corrected chi connectivity index (χ4v) is 2.26. The van der Waals surface area contributed by atoms with Crippen LogP contribution in [0.4, 0.5) is 0 Å². The third-order valence-corrected chi connectivity index (χ3v) is 3.97. The highest BCUT2D eigenvalue weighted by Gasteiger charge is 2.45. The first-order valence-corrected chi connectivity index (χ1v) is 5.96. The Kier molecular flexibility index (Phi) is 4.33. The predicted octanol–water partition coefficient (Wildman–Crippen LogP) is 1.60. The van der Waals surface area contributed by atoms with Gasteiger partial charge in [-0.25, -0.2) is 0 Å². The molecule has 0 aromatic heterocycles. The van der Waals surface area contributed by atoms with Crippen LogP contribution in [0.1, 0.15) is 33.6 Å². The second-order valence-electron chi connectivity index (χ2n) is 5.04. The van der Waals surface area contributed by atoms with Crippen molar-refractivity contribution in [3.63, 3.8) is 0 Å². The minimum atomic E-state index is -0.734. The Balaban J connectivity index is 2.88. The van der Waals surface area contributed by atoms with E-state index in [9.17, 15) is 9.90 Å². The molecule has 0 radical (unpaired) electrons. The Labute approximate surface area is 97.6 Å². The number of carboxylic acid groups (broad SMARTS) is 1. The van der Waals surface area contributed by atoms with E-state index >= 15 is 0 Å². The van der Waals surface area contributed by atoms with Gasteiger partial charge in [0.05, 0.1) is 0 Å². The van der Waals surface area contributed by atoms with Crippen molar-refractivity contribution in [3.8, 4) is 0 Å². The Morgan fingerprint density at radius 3 is 2.19 bits per heavy atom. The molecule has 0 amide bonds. The zero-order valence-electron chi connectivity index (χ0n) is 10.7.